The van der Waals surface area contributed by atoms with Gasteiger partial charge in [0.05, 0.1) is 27.1 Å². The number of benzene rings is 4. The Morgan fingerprint density at radius 3 is 1.34 bits per heavy atom. The van der Waals surface area contributed by atoms with Gasteiger partial charge < -0.3 is 48.1 Å². The van der Waals surface area contributed by atoms with Crippen LogP contribution in [0.2, 0.25) is 0 Å². The molecule has 4 amide bonds. The van der Waals surface area contributed by atoms with Crippen LogP contribution < -0.4 is 24.0 Å². The first-order valence-electron chi connectivity index (χ1n) is 29.9. The third-order valence-electron chi connectivity index (χ3n) is 13.0. The number of rotatable bonds is 20. The highest BCUT2D eigenvalue weighted by molar-refractivity contribution is 6.17. The van der Waals surface area contributed by atoms with Crippen LogP contribution in [-0.4, -0.2) is 127 Å². The number of hydrogen-bond acceptors (Lipinski definition) is 14. The highest BCUT2D eigenvalue weighted by Crippen LogP contribution is 2.34. The van der Waals surface area contributed by atoms with Gasteiger partial charge in [-0.1, -0.05) is 52.0 Å². The molecule has 0 saturated heterocycles. The fourth-order valence-electron chi connectivity index (χ4n) is 9.37. The predicted octanol–water partition coefficient (Wildman–Crippen LogP) is 13.2. The van der Waals surface area contributed by atoms with Crippen molar-refractivity contribution in [3.63, 3.8) is 0 Å². The number of hydrogen-bond donors (Lipinski definition) is 1. The van der Waals surface area contributed by atoms with Crippen LogP contribution >= 0.6 is 11.6 Å². The minimum Gasteiger partial charge on any atom is -0.508 e. The summed E-state index contributed by atoms with van der Waals surface area (Å²) in [6, 6.07) is 22.9. The summed E-state index contributed by atoms with van der Waals surface area (Å²) in [6.45, 7) is 30.8. The molecule has 19 heteroatoms. The number of carbonyl (C=O) groups excluding carboxylic acids is 6. The van der Waals surface area contributed by atoms with Gasteiger partial charge in [-0.3, -0.25) is 29.0 Å². The molecule has 2 aliphatic rings. The molecule has 4 aromatic carbocycles. The summed E-state index contributed by atoms with van der Waals surface area (Å²) in [5.41, 5.74) is 5.17. The number of ether oxygens (including phenoxy) is 7. The van der Waals surface area contributed by atoms with Crippen molar-refractivity contribution in [2.24, 2.45) is 11.8 Å². The molecule has 0 bridgehead atoms. The monoisotopic (exact) mass is 1230 g/mol. The first-order valence-corrected chi connectivity index (χ1v) is 30.5. The summed E-state index contributed by atoms with van der Waals surface area (Å²) < 4.78 is 38.6. The molecule has 2 aliphatic heterocycles. The fraction of sp³-hybridized carbons (Fsp3) is 0.559. The average Bonchev–Trinajstić information content (AvgIpc) is 1.89. The maximum atomic E-state index is 13.4. The number of phenolic OH excluding ortho intramolecular Hbond substituents is 1. The quantitative estimate of drug-likeness (QED) is 0.0497. The number of fused-ring (bicyclic) bond motifs is 2. The van der Waals surface area contributed by atoms with Crippen LogP contribution in [0.25, 0.3) is 0 Å². The molecule has 4 aromatic rings. The van der Waals surface area contributed by atoms with Crippen molar-refractivity contribution in [1.29, 1.82) is 0 Å². The molecule has 0 atom stereocenters. The fourth-order valence-corrected chi connectivity index (χ4v) is 9.53. The molecule has 1 N–H and O–H groups in total. The van der Waals surface area contributed by atoms with Gasteiger partial charge in [0.25, 0.3) is 0 Å². The van der Waals surface area contributed by atoms with Crippen molar-refractivity contribution in [3.8, 4) is 23.0 Å². The third kappa shape index (κ3) is 25.2. The number of halogens is 1. The summed E-state index contributed by atoms with van der Waals surface area (Å²) in [5.74, 6) is 2.96. The SMILES string of the molecule is CC(C)(C)OC(=O)CCN(CC(=O)N1CCc2cc(O)ccc21)C(=O)OC(C)(C)C.COc1cc(CCl)ccc1CC(C)C.COc1cc(COc2ccc3c(c2)CCN3C(=O)CN(CCC(=O)OC(C)(C)C)C(=O)OC(C)(C)C)ccc1CC(C)C. The van der Waals surface area contributed by atoms with Crippen molar-refractivity contribution >= 4 is 58.9 Å². The van der Waals surface area contributed by atoms with E-state index < -0.39 is 46.5 Å². The zero-order valence-electron chi connectivity index (χ0n) is 54.9. The van der Waals surface area contributed by atoms with E-state index in [1.807, 2.05) is 30.3 Å². The molecule has 0 fully saturated rings. The average molecular weight is 1230 g/mol. The van der Waals surface area contributed by atoms with Crippen LogP contribution in [0.15, 0.2) is 72.8 Å². The molecule has 0 unspecified atom stereocenters. The lowest BCUT2D eigenvalue weighted by Crippen LogP contribution is -2.45. The van der Waals surface area contributed by atoms with Crippen LogP contribution in [0.3, 0.4) is 0 Å². The van der Waals surface area contributed by atoms with Crippen molar-refractivity contribution in [3.05, 3.63) is 106 Å². The van der Waals surface area contributed by atoms with Crippen LogP contribution in [0.5, 0.6) is 23.0 Å². The third-order valence-corrected chi connectivity index (χ3v) is 13.3. The Balaban J connectivity index is 0.000000317. The second-order valence-corrected chi connectivity index (χ2v) is 26.8. The molecule has 2 heterocycles. The van der Waals surface area contributed by atoms with Crippen LogP contribution in [0.4, 0.5) is 21.0 Å². The minimum absolute atomic E-state index is 0.00580. The van der Waals surface area contributed by atoms with Gasteiger partial charge in [0, 0.05) is 43.4 Å². The highest BCUT2D eigenvalue weighted by atomic mass is 35.5. The topological polar surface area (TPSA) is 200 Å². The Labute approximate surface area is 522 Å². The zero-order chi connectivity index (χ0) is 65.2. The number of carbonyl (C=O) groups is 6. The van der Waals surface area contributed by atoms with Crippen molar-refractivity contribution in [2.45, 2.75) is 184 Å². The molecule has 0 aliphatic carbocycles. The van der Waals surface area contributed by atoms with Crippen molar-refractivity contribution in [1.82, 2.24) is 9.80 Å². The summed E-state index contributed by atoms with van der Waals surface area (Å²) in [6.07, 6.45) is 1.88. The van der Waals surface area contributed by atoms with Gasteiger partial charge in [-0.2, -0.15) is 0 Å². The molecule has 18 nitrogen and oxygen atoms in total. The van der Waals surface area contributed by atoms with Gasteiger partial charge in [0.2, 0.25) is 11.8 Å². The Kier molecular flexibility index (Phi) is 26.7. The summed E-state index contributed by atoms with van der Waals surface area (Å²) in [5, 5.41) is 9.63. The number of alkyl halides is 1. The lowest BCUT2D eigenvalue weighted by Gasteiger charge is -2.29. The number of anilines is 2. The van der Waals surface area contributed by atoms with E-state index in [1.165, 1.54) is 27.0 Å². The van der Waals surface area contributed by atoms with Crippen LogP contribution in [-0.2, 0) is 76.3 Å². The first kappa shape index (κ1) is 72.3. The summed E-state index contributed by atoms with van der Waals surface area (Å²) in [4.78, 5) is 82.1. The second kappa shape index (κ2) is 32.1. The van der Waals surface area contributed by atoms with E-state index in [2.05, 4.69) is 52.0 Å². The number of phenols is 1. The highest BCUT2D eigenvalue weighted by Gasteiger charge is 2.33. The van der Waals surface area contributed by atoms with Crippen LogP contribution in [0, 0.1) is 11.8 Å². The van der Waals surface area contributed by atoms with E-state index in [-0.39, 0.29) is 56.6 Å². The smallest absolute Gasteiger partial charge is 0.410 e. The van der Waals surface area contributed by atoms with Gasteiger partial charge in [0.1, 0.15) is 65.1 Å². The molecule has 6 rings (SSSR count). The normalized spacial score (nSPS) is 12.8. The largest absolute Gasteiger partial charge is 0.508 e. The van der Waals surface area contributed by atoms with E-state index in [9.17, 15) is 33.9 Å². The first-order chi connectivity index (χ1) is 40.5. The van der Waals surface area contributed by atoms with Gasteiger partial charge in [-0.15, -0.1) is 11.6 Å². The number of esters is 2. The van der Waals surface area contributed by atoms with Crippen LogP contribution in [0.1, 0.15) is 157 Å². The maximum Gasteiger partial charge on any atom is 0.410 e. The zero-order valence-corrected chi connectivity index (χ0v) is 55.7. The molecular weight excluding hydrogens is 1130 g/mol. The lowest BCUT2D eigenvalue weighted by molar-refractivity contribution is -0.156. The van der Waals surface area contributed by atoms with Crippen molar-refractivity contribution in [2.75, 3.05) is 63.3 Å². The maximum absolute atomic E-state index is 13.4. The van der Waals surface area contributed by atoms with E-state index >= 15 is 0 Å². The molecule has 0 spiro atoms. The van der Waals surface area contributed by atoms with Crippen molar-refractivity contribution < 1.29 is 67.0 Å². The second-order valence-electron chi connectivity index (χ2n) is 26.6. The lowest BCUT2D eigenvalue weighted by atomic mass is 10.0. The van der Waals surface area contributed by atoms with E-state index in [0.717, 1.165) is 52.3 Å². The number of methoxy groups -OCH3 is 2. The summed E-state index contributed by atoms with van der Waals surface area (Å²) in [7, 11) is 3.39. The number of nitrogens with zero attached hydrogens (tertiary/aromatic N) is 4. The minimum atomic E-state index is -0.748. The Bertz CT molecular complexity index is 2970. The number of amides is 4. The van der Waals surface area contributed by atoms with Gasteiger partial charge in [0.15, 0.2) is 0 Å². The molecule has 0 aromatic heterocycles. The molecular formula is C68H97ClN4O14. The molecule has 0 radical (unpaired) electrons. The van der Waals surface area contributed by atoms with E-state index in [4.69, 9.17) is 44.8 Å². The Hall–Kier alpha value is -7.21. The molecule has 87 heavy (non-hydrogen) atoms. The molecule has 0 saturated carbocycles. The predicted molar refractivity (Wildman–Crippen MR) is 340 cm³/mol. The Morgan fingerprint density at radius 2 is 0.943 bits per heavy atom. The molecule has 480 valence electrons. The van der Waals surface area contributed by atoms with Gasteiger partial charge in [-0.25, -0.2) is 9.59 Å². The Morgan fingerprint density at radius 1 is 0.540 bits per heavy atom. The van der Waals surface area contributed by atoms with Gasteiger partial charge in [-0.05, 0) is 203 Å². The summed E-state index contributed by atoms with van der Waals surface area (Å²) >= 11 is 5.76. The standard InChI is InChI=1S/C34H48N2O7.C22H32N2O6.C12H17ClO/c1-23(2)18-26-11-10-24(19-29(26)40-9)22-41-27-12-13-28-25(20-27)14-17-36(28)30(37)21-35(32(39)43-34(6,7)8)16-15-31(38)42-33(3,4)5;1-21(2,3)29-19(27)10-11-23(20(28)30-22(4,5)6)14-18(26)24-12-9-15-13-16(25)7-8-17(15)24;1-9(2)6-11-5-4-10(8-13)7-12(11)14-3/h10-13,19-20,23H,14-18,21-22H2,1-9H3;7-8,13,25H,9-12,14H2,1-6H3;4-5,7,9H,6,8H2,1-3H3. The van der Waals surface area contributed by atoms with E-state index in [1.54, 1.807) is 119 Å². The number of aromatic hydroxyl groups is 1. The van der Waals surface area contributed by atoms with E-state index in [0.29, 0.717) is 61.7 Å². The van der Waals surface area contributed by atoms with Gasteiger partial charge >= 0.3 is 24.1 Å².